The lowest BCUT2D eigenvalue weighted by atomic mass is 10.2. The second kappa shape index (κ2) is 4.90. The molecule has 0 aromatic carbocycles. The average Bonchev–Trinajstić information content (AvgIpc) is 2.79. The van der Waals surface area contributed by atoms with Gasteiger partial charge in [-0.05, 0) is 30.5 Å². The van der Waals surface area contributed by atoms with Crippen molar-refractivity contribution in [3.63, 3.8) is 0 Å². The van der Waals surface area contributed by atoms with Crippen LogP contribution in [0.15, 0.2) is 18.3 Å². The smallest absolute Gasteiger partial charge is 0.140 e. The molecule has 1 aromatic heterocycles. The quantitative estimate of drug-likeness (QED) is 0.813. The number of hydrogen-bond donors (Lipinski definition) is 1. The van der Waals surface area contributed by atoms with E-state index in [4.69, 9.17) is 5.26 Å². The van der Waals surface area contributed by atoms with E-state index in [0.29, 0.717) is 11.7 Å². The molecule has 1 N–H and O–H groups in total. The monoisotopic (exact) mass is 201 g/mol. The maximum atomic E-state index is 8.71. The van der Waals surface area contributed by atoms with Crippen LogP contribution in [0.1, 0.15) is 36.9 Å². The van der Waals surface area contributed by atoms with Crippen molar-refractivity contribution in [2.45, 2.75) is 38.3 Å². The van der Waals surface area contributed by atoms with Crippen molar-refractivity contribution in [3.8, 4) is 6.07 Å². The van der Waals surface area contributed by atoms with Gasteiger partial charge in [0, 0.05) is 18.8 Å². The first-order chi connectivity index (χ1) is 7.38. The summed E-state index contributed by atoms with van der Waals surface area (Å²) in [5.41, 5.74) is 1.65. The summed E-state index contributed by atoms with van der Waals surface area (Å²) >= 11 is 0. The van der Waals surface area contributed by atoms with E-state index in [9.17, 15) is 0 Å². The molecule has 0 aliphatic heterocycles. The van der Waals surface area contributed by atoms with Gasteiger partial charge in [-0.3, -0.25) is 0 Å². The minimum atomic E-state index is 0.501. The van der Waals surface area contributed by atoms with E-state index in [0.717, 1.165) is 12.1 Å². The Morgan fingerprint density at radius 2 is 2.27 bits per heavy atom. The number of aromatic nitrogens is 1. The van der Waals surface area contributed by atoms with Crippen LogP contribution in [0.25, 0.3) is 0 Å². The second-order valence-corrected chi connectivity index (χ2v) is 4.02. The number of nitrogens with one attached hydrogen (secondary N) is 1. The molecule has 1 aliphatic carbocycles. The van der Waals surface area contributed by atoms with Crippen LogP contribution in [0.5, 0.6) is 0 Å². The van der Waals surface area contributed by atoms with Gasteiger partial charge in [0.2, 0.25) is 0 Å². The molecule has 1 aromatic rings. The first-order valence-corrected chi connectivity index (χ1v) is 5.47. The summed E-state index contributed by atoms with van der Waals surface area (Å²) in [6.07, 6.45) is 6.96. The number of hydrogen-bond acceptors (Lipinski definition) is 3. The van der Waals surface area contributed by atoms with E-state index in [1.807, 2.05) is 12.1 Å². The molecule has 1 saturated carbocycles. The number of nitriles is 1. The standard InChI is InChI=1S/C12H15N3/c13-8-12-7-10(5-6-14-12)9-15-11-3-1-2-4-11/h5-7,11,15H,1-4,9H2. The van der Waals surface area contributed by atoms with Gasteiger partial charge in [0.05, 0.1) is 0 Å². The van der Waals surface area contributed by atoms with E-state index >= 15 is 0 Å². The van der Waals surface area contributed by atoms with E-state index in [1.165, 1.54) is 25.7 Å². The minimum absolute atomic E-state index is 0.501. The molecule has 0 unspecified atom stereocenters. The summed E-state index contributed by atoms with van der Waals surface area (Å²) in [4.78, 5) is 3.95. The SMILES string of the molecule is N#Cc1cc(CNC2CCCC2)ccn1. The first kappa shape index (κ1) is 10.1. The zero-order valence-corrected chi connectivity index (χ0v) is 8.74. The lowest BCUT2D eigenvalue weighted by Gasteiger charge is -2.11. The van der Waals surface area contributed by atoms with E-state index in [1.54, 1.807) is 6.20 Å². The number of nitrogens with zero attached hydrogens (tertiary/aromatic N) is 2. The molecule has 0 saturated heterocycles. The van der Waals surface area contributed by atoms with Crippen LogP contribution in [0.2, 0.25) is 0 Å². The Labute approximate surface area is 90.1 Å². The predicted molar refractivity (Wildman–Crippen MR) is 58.0 cm³/mol. The van der Waals surface area contributed by atoms with Crippen molar-refractivity contribution in [2.24, 2.45) is 0 Å². The van der Waals surface area contributed by atoms with Gasteiger partial charge >= 0.3 is 0 Å². The highest BCUT2D eigenvalue weighted by molar-refractivity contribution is 5.25. The van der Waals surface area contributed by atoms with Crippen molar-refractivity contribution < 1.29 is 0 Å². The molecule has 0 atom stereocenters. The van der Waals surface area contributed by atoms with Gasteiger partial charge in [-0.25, -0.2) is 4.98 Å². The third-order valence-electron chi connectivity index (χ3n) is 2.89. The van der Waals surface area contributed by atoms with Crippen molar-refractivity contribution in [2.75, 3.05) is 0 Å². The van der Waals surface area contributed by atoms with Crippen LogP contribution in [0.4, 0.5) is 0 Å². The average molecular weight is 201 g/mol. The van der Waals surface area contributed by atoms with Gasteiger partial charge in [0.15, 0.2) is 0 Å². The Bertz CT molecular complexity index is 361. The molecule has 78 valence electrons. The van der Waals surface area contributed by atoms with Crippen LogP contribution in [-0.2, 0) is 6.54 Å². The summed E-state index contributed by atoms with van der Waals surface area (Å²) in [6.45, 7) is 0.849. The molecular formula is C12H15N3. The Balaban J connectivity index is 1.90. The highest BCUT2D eigenvalue weighted by Gasteiger charge is 2.13. The Hall–Kier alpha value is -1.40. The highest BCUT2D eigenvalue weighted by Crippen LogP contribution is 2.18. The van der Waals surface area contributed by atoms with Crippen LogP contribution in [0.3, 0.4) is 0 Å². The zero-order valence-electron chi connectivity index (χ0n) is 8.74. The summed E-state index contributed by atoms with van der Waals surface area (Å²) < 4.78 is 0. The van der Waals surface area contributed by atoms with E-state index in [2.05, 4.69) is 16.4 Å². The maximum Gasteiger partial charge on any atom is 0.140 e. The van der Waals surface area contributed by atoms with Gasteiger partial charge in [0.25, 0.3) is 0 Å². The second-order valence-electron chi connectivity index (χ2n) is 4.02. The number of rotatable bonds is 3. The summed E-state index contributed by atoms with van der Waals surface area (Å²) in [6, 6.07) is 6.54. The lowest BCUT2D eigenvalue weighted by Crippen LogP contribution is -2.25. The molecule has 0 amide bonds. The molecule has 3 heteroatoms. The van der Waals surface area contributed by atoms with Crippen molar-refractivity contribution >= 4 is 0 Å². The molecule has 1 fully saturated rings. The predicted octanol–water partition coefficient (Wildman–Crippen LogP) is 1.99. The molecule has 15 heavy (non-hydrogen) atoms. The largest absolute Gasteiger partial charge is 0.310 e. The van der Waals surface area contributed by atoms with E-state index in [-0.39, 0.29) is 0 Å². The van der Waals surface area contributed by atoms with Crippen molar-refractivity contribution in [3.05, 3.63) is 29.6 Å². The fourth-order valence-electron chi connectivity index (χ4n) is 2.04. The highest BCUT2D eigenvalue weighted by atomic mass is 14.9. The molecule has 1 aliphatic rings. The molecule has 0 radical (unpaired) electrons. The topological polar surface area (TPSA) is 48.7 Å². The number of pyridine rings is 1. The third kappa shape index (κ3) is 2.77. The van der Waals surface area contributed by atoms with Gasteiger partial charge in [-0.15, -0.1) is 0 Å². The van der Waals surface area contributed by atoms with Gasteiger partial charge in [0.1, 0.15) is 11.8 Å². The minimum Gasteiger partial charge on any atom is -0.310 e. The zero-order chi connectivity index (χ0) is 10.5. The molecule has 3 nitrogen and oxygen atoms in total. The van der Waals surface area contributed by atoms with Crippen LogP contribution in [0, 0.1) is 11.3 Å². The van der Waals surface area contributed by atoms with Crippen LogP contribution in [-0.4, -0.2) is 11.0 Å². The molecule has 1 heterocycles. The maximum absolute atomic E-state index is 8.71. The fraction of sp³-hybridized carbons (Fsp3) is 0.500. The first-order valence-electron chi connectivity index (χ1n) is 5.47. The molecule has 0 spiro atoms. The molecular weight excluding hydrogens is 186 g/mol. The third-order valence-corrected chi connectivity index (χ3v) is 2.89. The van der Waals surface area contributed by atoms with Crippen molar-refractivity contribution in [1.29, 1.82) is 5.26 Å². The normalized spacial score (nSPS) is 16.5. The lowest BCUT2D eigenvalue weighted by molar-refractivity contribution is 0.524. The Kier molecular flexibility index (Phi) is 3.31. The van der Waals surface area contributed by atoms with Gasteiger partial charge in [-0.2, -0.15) is 5.26 Å². The molecule has 2 rings (SSSR count). The Morgan fingerprint density at radius 1 is 1.47 bits per heavy atom. The fourth-order valence-corrected chi connectivity index (χ4v) is 2.04. The summed E-state index contributed by atoms with van der Waals surface area (Å²) in [5, 5.41) is 12.2. The van der Waals surface area contributed by atoms with Gasteiger partial charge in [-0.1, -0.05) is 12.8 Å². The van der Waals surface area contributed by atoms with Crippen LogP contribution >= 0.6 is 0 Å². The van der Waals surface area contributed by atoms with Gasteiger partial charge < -0.3 is 5.32 Å². The van der Waals surface area contributed by atoms with Crippen molar-refractivity contribution in [1.82, 2.24) is 10.3 Å². The van der Waals surface area contributed by atoms with E-state index < -0.39 is 0 Å². The summed E-state index contributed by atoms with van der Waals surface area (Å²) in [5.74, 6) is 0. The Morgan fingerprint density at radius 3 is 3.00 bits per heavy atom. The van der Waals surface area contributed by atoms with Crippen LogP contribution < -0.4 is 5.32 Å². The molecule has 0 bridgehead atoms. The summed E-state index contributed by atoms with van der Waals surface area (Å²) in [7, 11) is 0.